The van der Waals surface area contributed by atoms with Gasteiger partial charge in [0.15, 0.2) is 5.78 Å². The van der Waals surface area contributed by atoms with Gasteiger partial charge in [0, 0.05) is 18.9 Å². The monoisotopic (exact) mass is 499 g/mol. The van der Waals surface area contributed by atoms with E-state index < -0.39 is 0 Å². The zero-order valence-corrected chi connectivity index (χ0v) is 24.9. The second-order valence-corrected chi connectivity index (χ2v) is 14.6. The molecule has 1 fully saturated rings. The van der Waals surface area contributed by atoms with Gasteiger partial charge in [-0.2, -0.15) is 5.26 Å². The Morgan fingerprint density at radius 1 is 1.14 bits per heavy atom. The molecule has 0 amide bonds. The van der Waals surface area contributed by atoms with Crippen LogP contribution in [-0.4, -0.2) is 23.3 Å². The van der Waals surface area contributed by atoms with Crippen LogP contribution >= 0.6 is 0 Å². The molecular formula is C32H53NO3. The van der Waals surface area contributed by atoms with Crippen molar-refractivity contribution in [3.8, 4) is 6.07 Å². The fourth-order valence-corrected chi connectivity index (χ4v) is 7.32. The molecule has 0 aliphatic heterocycles. The maximum Gasteiger partial charge on any atom is 0.176 e. The van der Waals surface area contributed by atoms with Gasteiger partial charge in [-0.3, -0.25) is 4.79 Å². The quantitative estimate of drug-likeness (QED) is 0.316. The molecular weight excluding hydrogens is 446 g/mol. The van der Waals surface area contributed by atoms with Crippen LogP contribution in [0.15, 0.2) is 11.6 Å². The summed E-state index contributed by atoms with van der Waals surface area (Å²) < 4.78 is 0. The average molecular weight is 500 g/mol. The molecule has 4 nitrogen and oxygen atoms in total. The standard InChI is InChI=1S/C32H53NO3/c1-11-28(4,5)14-16-30(8,21-34)17-15-29(6,7)32(10)13-12-25-23(3)27(36)24(20-33)19-31(25,9)26(32)18-22(2)35/h19,23,25-26,34H,11-18,21H2,1-10H3/t23-,25-,26+,30-,31-,32+/m0/s1. The first-order valence-corrected chi connectivity index (χ1v) is 14.2. The number of allylic oxidation sites excluding steroid dienone is 2. The van der Waals surface area contributed by atoms with Crippen molar-refractivity contribution in [2.24, 2.45) is 44.8 Å². The second kappa shape index (κ2) is 10.7. The highest BCUT2D eigenvalue weighted by Crippen LogP contribution is 2.66. The maximum atomic E-state index is 12.9. The van der Waals surface area contributed by atoms with Crippen molar-refractivity contribution in [2.75, 3.05) is 6.61 Å². The number of carbonyl (C=O) groups excluding carboxylic acids is 2. The molecule has 2 aliphatic carbocycles. The van der Waals surface area contributed by atoms with Crippen molar-refractivity contribution in [2.45, 2.75) is 121 Å². The number of fused-ring (bicyclic) bond motifs is 1. The number of ketones is 2. The Morgan fingerprint density at radius 2 is 1.72 bits per heavy atom. The lowest BCUT2D eigenvalue weighted by molar-refractivity contribution is -0.145. The summed E-state index contributed by atoms with van der Waals surface area (Å²) >= 11 is 0. The van der Waals surface area contributed by atoms with Crippen LogP contribution in [0.5, 0.6) is 0 Å². The van der Waals surface area contributed by atoms with Crippen molar-refractivity contribution in [1.82, 2.24) is 0 Å². The molecule has 2 rings (SSSR count). The van der Waals surface area contributed by atoms with E-state index in [1.165, 1.54) is 0 Å². The Hall–Kier alpha value is -1.47. The molecule has 204 valence electrons. The van der Waals surface area contributed by atoms with Gasteiger partial charge in [-0.1, -0.05) is 74.8 Å². The van der Waals surface area contributed by atoms with Gasteiger partial charge >= 0.3 is 0 Å². The van der Waals surface area contributed by atoms with Gasteiger partial charge in [0.05, 0.1) is 5.57 Å². The minimum atomic E-state index is -0.375. The van der Waals surface area contributed by atoms with Gasteiger partial charge in [0.2, 0.25) is 0 Å². The van der Waals surface area contributed by atoms with Crippen LogP contribution < -0.4 is 0 Å². The molecule has 1 saturated carbocycles. The summed E-state index contributed by atoms with van der Waals surface area (Å²) in [7, 11) is 0. The molecule has 36 heavy (non-hydrogen) atoms. The van der Waals surface area contributed by atoms with Gasteiger partial charge < -0.3 is 9.90 Å². The first-order valence-electron chi connectivity index (χ1n) is 14.2. The maximum absolute atomic E-state index is 12.9. The van der Waals surface area contributed by atoms with E-state index in [-0.39, 0.29) is 68.6 Å². The van der Waals surface area contributed by atoms with Crippen molar-refractivity contribution in [1.29, 1.82) is 5.26 Å². The number of hydrogen-bond donors (Lipinski definition) is 1. The summed E-state index contributed by atoms with van der Waals surface area (Å²) in [6, 6.07) is 2.16. The third-order valence-corrected chi connectivity index (χ3v) is 11.3. The molecule has 0 radical (unpaired) electrons. The highest BCUT2D eigenvalue weighted by atomic mass is 16.3. The summed E-state index contributed by atoms with van der Waals surface area (Å²) in [5.74, 6) is 0.126. The van der Waals surface area contributed by atoms with E-state index in [2.05, 4.69) is 61.5 Å². The molecule has 4 heteroatoms. The number of Topliss-reactive ketones (excluding diaryl/α,β-unsaturated/α-hetero) is 2. The zero-order chi connectivity index (χ0) is 27.7. The first kappa shape index (κ1) is 30.8. The van der Waals surface area contributed by atoms with Crippen molar-refractivity contribution in [3.05, 3.63) is 11.6 Å². The summed E-state index contributed by atoms with van der Waals surface area (Å²) in [5, 5.41) is 20.1. The number of aliphatic hydroxyl groups excluding tert-OH is 1. The average Bonchev–Trinajstić information content (AvgIpc) is 2.81. The Bertz CT molecular complexity index is 909. The van der Waals surface area contributed by atoms with E-state index in [0.717, 1.165) is 44.9 Å². The van der Waals surface area contributed by atoms with Gasteiger partial charge in [-0.15, -0.1) is 0 Å². The Kier molecular flexibility index (Phi) is 9.16. The predicted octanol–water partition coefficient (Wildman–Crippen LogP) is 7.69. The van der Waals surface area contributed by atoms with Crippen LogP contribution in [0.4, 0.5) is 0 Å². The number of carbonyl (C=O) groups is 2. The number of nitriles is 1. The van der Waals surface area contributed by atoms with Crippen LogP contribution in [0.2, 0.25) is 0 Å². The van der Waals surface area contributed by atoms with Crippen molar-refractivity contribution < 1.29 is 14.7 Å². The lowest BCUT2D eigenvalue weighted by Crippen LogP contribution is -2.57. The zero-order valence-electron chi connectivity index (χ0n) is 24.9. The van der Waals surface area contributed by atoms with Gasteiger partial charge in [0.25, 0.3) is 0 Å². The largest absolute Gasteiger partial charge is 0.396 e. The third kappa shape index (κ3) is 5.82. The highest BCUT2D eigenvalue weighted by Gasteiger charge is 2.60. The molecule has 0 bridgehead atoms. The van der Waals surface area contributed by atoms with E-state index in [4.69, 9.17) is 0 Å². The fraction of sp³-hybridized carbons (Fsp3) is 0.844. The Morgan fingerprint density at radius 3 is 2.22 bits per heavy atom. The third-order valence-electron chi connectivity index (χ3n) is 11.3. The second-order valence-electron chi connectivity index (χ2n) is 14.6. The van der Waals surface area contributed by atoms with Crippen LogP contribution in [-0.2, 0) is 9.59 Å². The molecule has 1 N–H and O–H groups in total. The molecule has 6 atom stereocenters. The first-order chi connectivity index (χ1) is 16.4. The molecule has 0 unspecified atom stereocenters. The molecule has 2 aliphatic rings. The SMILES string of the molecule is CCC(C)(C)CC[C@](C)(CO)CCC(C)(C)[C@]1(C)CC[C@H]2[C@H](C)C(=O)C(C#N)=C[C@]2(C)[C@H]1CC(C)=O. The lowest BCUT2D eigenvalue weighted by Gasteiger charge is -2.62. The van der Waals surface area contributed by atoms with Gasteiger partial charge in [0.1, 0.15) is 11.9 Å². The summed E-state index contributed by atoms with van der Waals surface area (Å²) in [5.41, 5.74) is -0.180. The number of hydrogen-bond acceptors (Lipinski definition) is 4. The number of aliphatic hydroxyl groups is 1. The molecule has 0 saturated heterocycles. The van der Waals surface area contributed by atoms with Gasteiger partial charge in [-0.25, -0.2) is 0 Å². The van der Waals surface area contributed by atoms with E-state index >= 15 is 0 Å². The lowest BCUT2D eigenvalue weighted by atomic mass is 9.41. The van der Waals surface area contributed by atoms with Crippen molar-refractivity contribution in [3.63, 3.8) is 0 Å². The Balaban J connectivity index is 2.42. The minimum Gasteiger partial charge on any atom is -0.396 e. The highest BCUT2D eigenvalue weighted by molar-refractivity contribution is 6.01. The van der Waals surface area contributed by atoms with Crippen LogP contribution in [0.3, 0.4) is 0 Å². The van der Waals surface area contributed by atoms with Crippen molar-refractivity contribution >= 4 is 11.6 Å². The summed E-state index contributed by atoms with van der Waals surface area (Å²) in [6.07, 6.45) is 9.42. The molecule has 0 heterocycles. The normalized spacial score (nSPS) is 32.8. The predicted molar refractivity (Wildman–Crippen MR) is 147 cm³/mol. The molecule has 0 aromatic heterocycles. The van der Waals surface area contributed by atoms with Crippen LogP contribution in [0, 0.1) is 56.2 Å². The van der Waals surface area contributed by atoms with Crippen LogP contribution in [0.1, 0.15) is 121 Å². The minimum absolute atomic E-state index is 0.0434. The molecule has 0 spiro atoms. The van der Waals surface area contributed by atoms with E-state index in [1.807, 2.05) is 13.0 Å². The smallest absolute Gasteiger partial charge is 0.176 e. The number of nitrogens with zero attached hydrogens (tertiary/aromatic N) is 1. The summed E-state index contributed by atoms with van der Waals surface area (Å²) in [6.45, 7) is 22.1. The fourth-order valence-electron chi connectivity index (χ4n) is 7.32. The number of rotatable bonds is 11. The Labute approximate surface area is 221 Å². The van der Waals surface area contributed by atoms with E-state index in [1.54, 1.807) is 6.92 Å². The van der Waals surface area contributed by atoms with Gasteiger partial charge in [-0.05, 0) is 84.4 Å². The topological polar surface area (TPSA) is 78.2 Å². The van der Waals surface area contributed by atoms with E-state index in [9.17, 15) is 20.0 Å². The molecule has 0 aromatic carbocycles. The molecule has 0 aromatic rings. The van der Waals surface area contributed by atoms with Crippen LogP contribution in [0.25, 0.3) is 0 Å². The summed E-state index contributed by atoms with van der Waals surface area (Å²) in [4.78, 5) is 25.5. The van der Waals surface area contributed by atoms with E-state index in [0.29, 0.717) is 6.42 Å².